The summed E-state index contributed by atoms with van der Waals surface area (Å²) in [7, 11) is -0.317. The van der Waals surface area contributed by atoms with Gasteiger partial charge >= 0.3 is 0 Å². The summed E-state index contributed by atoms with van der Waals surface area (Å²) in [5.41, 5.74) is 0. The maximum atomic E-state index is 11.9. The number of aromatic nitrogens is 1. The molecule has 108 valence electrons. The molecule has 1 N–H and O–H groups in total. The molecule has 0 aliphatic rings. The normalized spacial score (nSPS) is 11.8. The van der Waals surface area contributed by atoms with Gasteiger partial charge in [0.05, 0.1) is 11.6 Å². The van der Waals surface area contributed by atoms with Crippen molar-refractivity contribution in [2.45, 2.75) is 10.8 Å². The van der Waals surface area contributed by atoms with Crippen molar-refractivity contribution in [3.8, 4) is 0 Å². The van der Waals surface area contributed by atoms with E-state index in [-0.39, 0.29) is 0 Å². The molecule has 0 atom stereocenters. The van der Waals surface area contributed by atoms with Gasteiger partial charge in [-0.15, -0.1) is 11.3 Å². The van der Waals surface area contributed by atoms with Gasteiger partial charge in [-0.3, -0.25) is 0 Å². The van der Waals surface area contributed by atoms with Gasteiger partial charge in [0.1, 0.15) is 10.0 Å². The van der Waals surface area contributed by atoms with Crippen LogP contribution in [0.5, 0.6) is 0 Å². The van der Waals surface area contributed by atoms with E-state index in [1.165, 1.54) is 29.7 Å². The Hall–Kier alpha value is -1.15. The maximum Gasteiger partial charge on any atom is 0.252 e. The van der Waals surface area contributed by atoms with Gasteiger partial charge in [-0.1, -0.05) is 11.6 Å². The lowest BCUT2D eigenvalue weighted by Crippen LogP contribution is -2.21. The first-order chi connectivity index (χ1) is 9.39. The number of halogens is 1. The molecule has 0 saturated carbocycles. The molecular formula is C12H14ClN3O2S2. The summed E-state index contributed by atoms with van der Waals surface area (Å²) in [5, 5.41) is 3.69. The van der Waals surface area contributed by atoms with Crippen LogP contribution < -0.4 is 5.32 Å². The number of hydrogen-bond donors (Lipinski definition) is 1. The fourth-order valence-electron chi connectivity index (χ4n) is 1.43. The minimum absolute atomic E-state index is 0.336. The van der Waals surface area contributed by atoms with E-state index in [9.17, 15) is 8.42 Å². The number of sulfonamides is 1. The van der Waals surface area contributed by atoms with Gasteiger partial charge in [0.25, 0.3) is 10.0 Å². The van der Waals surface area contributed by atoms with E-state index in [0.29, 0.717) is 21.6 Å². The highest BCUT2D eigenvalue weighted by Gasteiger charge is 2.19. The van der Waals surface area contributed by atoms with Crippen LogP contribution in [0.1, 0.15) is 4.88 Å². The average Bonchev–Trinajstić information content (AvgIpc) is 2.87. The predicted molar refractivity (Wildman–Crippen MR) is 81.8 cm³/mol. The Kier molecular flexibility index (Phi) is 4.64. The van der Waals surface area contributed by atoms with Crippen molar-refractivity contribution in [1.82, 2.24) is 9.29 Å². The molecule has 8 heteroatoms. The topological polar surface area (TPSA) is 62.3 Å². The van der Waals surface area contributed by atoms with Crippen LogP contribution in [-0.4, -0.2) is 31.8 Å². The summed E-state index contributed by atoms with van der Waals surface area (Å²) >= 11 is 7.00. The van der Waals surface area contributed by atoms with E-state index in [0.717, 1.165) is 4.88 Å². The van der Waals surface area contributed by atoms with Crippen molar-refractivity contribution in [3.63, 3.8) is 0 Å². The number of rotatable bonds is 5. The van der Waals surface area contributed by atoms with E-state index in [1.54, 1.807) is 30.5 Å². The Labute approximate surface area is 127 Å². The molecule has 0 bridgehead atoms. The Morgan fingerprint density at radius 2 is 2.05 bits per heavy atom. The predicted octanol–water partition coefficient (Wildman–Crippen LogP) is 2.66. The van der Waals surface area contributed by atoms with E-state index >= 15 is 0 Å². The van der Waals surface area contributed by atoms with Crippen molar-refractivity contribution in [1.29, 1.82) is 0 Å². The molecule has 2 rings (SSSR count). The summed E-state index contributed by atoms with van der Waals surface area (Å²) in [6.07, 6.45) is 1.56. The maximum absolute atomic E-state index is 11.9. The largest absolute Gasteiger partial charge is 0.365 e. The number of nitrogens with one attached hydrogen (secondary N) is 1. The van der Waals surface area contributed by atoms with Gasteiger partial charge in [-0.05, 0) is 24.3 Å². The van der Waals surface area contributed by atoms with Crippen molar-refractivity contribution < 1.29 is 8.42 Å². The number of anilines is 1. The third-order valence-electron chi connectivity index (χ3n) is 2.54. The van der Waals surface area contributed by atoms with Crippen LogP contribution in [0.15, 0.2) is 34.7 Å². The monoisotopic (exact) mass is 331 g/mol. The highest BCUT2D eigenvalue weighted by atomic mass is 35.5. The molecule has 2 heterocycles. The molecule has 2 aromatic heterocycles. The van der Waals surface area contributed by atoms with E-state index in [1.807, 2.05) is 0 Å². The van der Waals surface area contributed by atoms with Crippen LogP contribution in [0.4, 0.5) is 5.82 Å². The van der Waals surface area contributed by atoms with E-state index in [2.05, 4.69) is 10.3 Å². The minimum atomic E-state index is -3.35. The highest BCUT2D eigenvalue weighted by molar-refractivity contribution is 7.91. The zero-order valence-electron chi connectivity index (χ0n) is 11.0. The van der Waals surface area contributed by atoms with E-state index in [4.69, 9.17) is 11.6 Å². The van der Waals surface area contributed by atoms with Gasteiger partial charge in [-0.25, -0.2) is 17.7 Å². The Bertz CT molecular complexity index is 681. The summed E-state index contributed by atoms with van der Waals surface area (Å²) in [6, 6.07) is 6.93. The Balaban J connectivity index is 2.05. The number of nitrogens with zero attached hydrogens (tertiary/aromatic N) is 2. The minimum Gasteiger partial charge on any atom is -0.365 e. The van der Waals surface area contributed by atoms with Crippen LogP contribution in [0.3, 0.4) is 0 Å². The standard InChI is InChI=1S/C12H14ClN3O2S2/c1-16(2)20(17,18)12-6-4-10(19-12)8-15-11-5-3-9(13)7-14-11/h3-7H,8H2,1-2H3,(H,14,15). The van der Waals surface area contributed by atoms with Crippen LogP contribution in [0.25, 0.3) is 0 Å². The molecule has 2 aromatic rings. The third kappa shape index (κ3) is 3.49. The van der Waals surface area contributed by atoms with Gasteiger partial charge in [0, 0.05) is 25.2 Å². The third-order valence-corrected chi connectivity index (χ3v) is 6.13. The van der Waals surface area contributed by atoms with Crippen molar-refractivity contribution in [3.05, 3.63) is 40.4 Å². The van der Waals surface area contributed by atoms with Gasteiger partial charge in [-0.2, -0.15) is 0 Å². The van der Waals surface area contributed by atoms with Crippen LogP contribution >= 0.6 is 22.9 Å². The second kappa shape index (κ2) is 6.09. The molecule has 0 radical (unpaired) electrons. The summed E-state index contributed by atoms with van der Waals surface area (Å²) in [6.45, 7) is 0.516. The first-order valence-electron chi connectivity index (χ1n) is 5.76. The zero-order chi connectivity index (χ0) is 14.8. The molecule has 0 fully saturated rings. The molecule has 0 unspecified atom stereocenters. The molecule has 0 aromatic carbocycles. The molecule has 0 aliphatic heterocycles. The average molecular weight is 332 g/mol. The second-order valence-electron chi connectivity index (χ2n) is 4.22. The fraction of sp³-hybridized carbons (Fsp3) is 0.250. The molecule has 0 spiro atoms. The molecule has 20 heavy (non-hydrogen) atoms. The summed E-state index contributed by atoms with van der Waals surface area (Å²) in [5.74, 6) is 0.694. The highest BCUT2D eigenvalue weighted by Crippen LogP contribution is 2.24. The van der Waals surface area contributed by atoms with Gasteiger partial charge in [0.2, 0.25) is 0 Å². The fourth-order valence-corrected chi connectivity index (χ4v) is 4.01. The van der Waals surface area contributed by atoms with Crippen molar-refractivity contribution >= 4 is 38.8 Å². The molecular weight excluding hydrogens is 318 g/mol. The first kappa shape index (κ1) is 15.2. The van der Waals surface area contributed by atoms with Crippen molar-refractivity contribution in [2.75, 3.05) is 19.4 Å². The van der Waals surface area contributed by atoms with Crippen molar-refractivity contribution in [2.24, 2.45) is 0 Å². The molecule has 0 aliphatic carbocycles. The molecule has 5 nitrogen and oxygen atoms in total. The number of thiophene rings is 1. The number of hydrogen-bond acceptors (Lipinski definition) is 5. The smallest absolute Gasteiger partial charge is 0.252 e. The van der Waals surface area contributed by atoms with Crippen LogP contribution in [-0.2, 0) is 16.6 Å². The lowest BCUT2D eigenvalue weighted by molar-refractivity contribution is 0.523. The van der Waals surface area contributed by atoms with E-state index < -0.39 is 10.0 Å². The van der Waals surface area contributed by atoms with Gasteiger partial charge in [0.15, 0.2) is 0 Å². The Morgan fingerprint density at radius 1 is 1.30 bits per heavy atom. The lowest BCUT2D eigenvalue weighted by Gasteiger charge is -2.08. The van der Waals surface area contributed by atoms with Gasteiger partial charge < -0.3 is 5.32 Å². The quantitative estimate of drug-likeness (QED) is 0.915. The lowest BCUT2D eigenvalue weighted by atomic mass is 10.4. The summed E-state index contributed by atoms with van der Waals surface area (Å²) < 4.78 is 25.4. The molecule has 0 saturated heterocycles. The zero-order valence-corrected chi connectivity index (χ0v) is 13.4. The summed E-state index contributed by atoms with van der Waals surface area (Å²) in [4.78, 5) is 5.03. The van der Waals surface area contributed by atoms with Crippen LogP contribution in [0, 0.1) is 0 Å². The first-order valence-corrected chi connectivity index (χ1v) is 8.40. The van der Waals surface area contributed by atoms with Crippen LogP contribution in [0.2, 0.25) is 5.02 Å². The Morgan fingerprint density at radius 3 is 2.65 bits per heavy atom. The SMILES string of the molecule is CN(C)S(=O)(=O)c1ccc(CNc2ccc(Cl)cn2)s1. The second-order valence-corrected chi connectivity index (χ2v) is 8.21. The number of pyridine rings is 1. The molecule has 0 amide bonds.